The molecule has 0 radical (unpaired) electrons. The topological polar surface area (TPSA) is 61.4 Å². The number of nitrogens with one attached hydrogen (secondary N) is 2. The Morgan fingerprint density at radius 2 is 1.39 bits per heavy atom. The largest absolute Gasteiger partial charge is 0.352 e. The number of hydrazine groups is 1. The Labute approximate surface area is 165 Å². The molecular weight excluding hydrogens is 350 g/mol. The minimum atomic E-state index is -0.189. The first-order valence-corrected chi connectivity index (χ1v) is 9.13. The third-order valence-corrected chi connectivity index (χ3v) is 4.25. The van der Waals surface area contributed by atoms with E-state index >= 15 is 0 Å². The smallest absolute Gasteiger partial charge is 0.269 e. The van der Waals surface area contributed by atoms with Crippen LogP contribution >= 0.6 is 0 Å². The molecule has 3 rings (SSSR count). The van der Waals surface area contributed by atoms with E-state index in [-0.39, 0.29) is 11.8 Å². The fourth-order valence-electron chi connectivity index (χ4n) is 2.76. The van der Waals surface area contributed by atoms with E-state index in [1.807, 2.05) is 77.8 Å². The second kappa shape index (κ2) is 9.37. The van der Waals surface area contributed by atoms with Gasteiger partial charge < -0.3 is 5.32 Å². The first kappa shape index (κ1) is 19.2. The molecule has 0 aliphatic rings. The third kappa shape index (κ3) is 5.45. The minimum Gasteiger partial charge on any atom is -0.352 e. The summed E-state index contributed by atoms with van der Waals surface area (Å²) in [6.07, 6.45) is 0. The van der Waals surface area contributed by atoms with Crippen molar-refractivity contribution in [3.05, 3.63) is 102 Å². The lowest BCUT2D eigenvalue weighted by Crippen LogP contribution is -2.42. The molecule has 0 aromatic heterocycles. The van der Waals surface area contributed by atoms with Crippen LogP contribution in [-0.4, -0.2) is 11.8 Å². The maximum Gasteiger partial charge on any atom is 0.269 e. The van der Waals surface area contributed by atoms with Crippen LogP contribution in [0.15, 0.2) is 84.9 Å². The molecule has 0 atom stereocenters. The maximum atomic E-state index is 12.8. The van der Waals surface area contributed by atoms with Crippen molar-refractivity contribution in [3.63, 3.8) is 0 Å². The van der Waals surface area contributed by atoms with E-state index in [0.29, 0.717) is 18.7 Å². The molecule has 0 fully saturated rings. The molecule has 142 valence electrons. The summed E-state index contributed by atoms with van der Waals surface area (Å²) in [7, 11) is 0. The lowest BCUT2D eigenvalue weighted by molar-refractivity contribution is -0.119. The Bertz CT molecular complexity index is 910. The molecule has 0 saturated heterocycles. The number of amides is 2. The molecule has 28 heavy (non-hydrogen) atoms. The van der Waals surface area contributed by atoms with Crippen molar-refractivity contribution in [2.75, 3.05) is 5.01 Å². The molecule has 3 aromatic rings. The molecule has 0 unspecified atom stereocenters. The predicted molar refractivity (Wildman–Crippen MR) is 110 cm³/mol. The van der Waals surface area contributed by atoms with Crippen LogP contribution in [0.25, 0.3) is 0 Å². The molecule has 5 heteroatoms. The van der Waals surface area contributed by atoms with Crippen molar-refractivity contribution in [1.29, 1.82) is 0 Å². The number of carbonyl (C=O) groups excluding carboxylic acids is 2. The normalized spacial score (nSPS) is 10.2. The zero-order chi connectivity index (χ0) is 19.8. The molecule has 0 aliphatic heterocycles. The van der Waals surface area contributed by atoms with Gasteiger partial charge in [-0.25, -0.2) is 0 Å². The van der Waals surface area contributed by atoms with E-state index in [9.17, 15) is 9.59 Å². The molecule has 0 bridgehead atoms. The number of rotatable bonds is 7. The molecule has 2 N–H and O–H groups in total. The zero-order valence-corrected chi connectivity index (χ0v) is 15.8. The number of anilines is 1. The van der Waals surface area contributed by atoms with Gasteiger partial charge in [0.15, 0.2) is 0 Å². The van der Waals surface area contributed by atoms with Crippen LogP contribution in [0.2, 0.25) is 0 Å². The van der Waals surface area contributed by atoms with Gasteiger partial charge in [-0.2, -0.15) is 0 Å². The van der Waals surface area contributed by atoms with Crippen LogP contribution in [0.3, 0.4) is 0 Å². The van der Waals surface area contributed by atoms with Crippen LogP contribution in [-0.2, 0) is 17.9 Å². The number of benzene rings is 3. The molecule has 0 spiro atoms. The van der Waals surface area contributed by atoms with Crippen LogP contribution in [0.4, 0.5) is 5.69 Å². The van der Waals surface area contributed by atoms with E-state index < -0.39 is 0 Å². The highest BCUT2D eigenvalue weighted by atomic mass is 16.2. The van der Waals surface area contributed by atoms with Crippen molar-refractivity contribution in [2.24, 2.45) is 0 Å². The summed E-state index contributed by atoms with van der Waals surface area (Å²) in [4.78, 5) is 23.8. The maximum absolute atomic E-state index is 12.8. The van der Waals surface area contributed by atoms with E-state index in [1.165, 1.54) is 6.92 Å². The average Bonchev–Trinajstić information content (AvgIpc) is 2.73. The van der Waals surface area contributed by atoms with Gasteiger partial charge in [0.2, 0.25) is 5.91 Å². The fraction of sp³-hybridized carbons (Fsp3) is 0.130. The Balaban J connectivity index is 1.72. The van der Waals surface area contributed by atoms with Crippen LogP contribution < -0.4 is 15.8 Å². The Morgan fingerprint density at radius 1 is 0.786 bits per heavy atom. The summed E-state index contributed by atoms with van der Waals surface area (Å²) in [5.74, 6) is -0.271. The fourth-order valence-corrected chi connectivity index (χ4v) is 2.76. The molecule has 3 aromatic carbocycles. The number of hydrogen-bond acceptors (Lipinski definition) is 3. The molecular formula is C23H23N3O2. The highest BCUT2D eigenvalue weighted by molar-refractivity contribution is 5.95. The van der Waals surface area contributed by atoms with Gasteiger partial charge in [0.1, 0.15) is 0 Å². The van der Waals surface area contributed by atoms with Crippen molar-refractivity contribution >= 4 is 17.5 Å². The van der Waals surface area contributed by atoms with Crippen molar-refractivity contribution in [3.8, 4) is 0 Å². The lowest BCUT2D eigenvalue weighted by Gasteiger charge is -2.25. The molecule has 5 nitrogen and oxygen atoms in total. The second-order valence-electron chi connectivity index (χ2n) is 6.45. The van der Waals surface area contributed by atoms with Gasteiger partial charge in [0.25, 0.3) is 5.91 Å². The average molecular weight is 373 g/mol. The van der Waals surface area contributed by atoms with Gasteiger partial charge in [0, 0.05) is 19.0 Å². The monoisotopic (exact) mass is 373 g/mol. The van der Waals surface area contributed by atoms with E-state index in [4.69, 9.17) is 0 Å². The van der Waals surface area contributed by atoms with Crippen LogP contribution in [0.1, 0.15) is 28.4 Å². The molecule has 0 saturated carbocycles. The summed E-state index contributed by atoms with van der Waals surface area (Å²) in [5.41, 5.74) is 6.49. The number of hydrogen-bond donors (Lipinski definition) is 2. The van der Waals surface area contributed by atoms with Crippen molar-refractivity contribution < 1.29 is 9.59 Å². The van der Waals surface area contributed by atoms with E-state index in [2.05, 4.69) is 10.7 Å². The van der Waals surface area contributed by atoms with E-state index in [0.717, 1.165) is 16.8 Å². The van der Waals surface area contributed by atoms with Crippen molar-refractivity contribution in [2.45, 2.75) is 20.0 Å². The quantitative estimate of drug-likeness (QED) is 0.621. The Kier molecular flexibility index (Phi) is 6.41. The van der Waals surface area contributed by atoms with Gasteiger partial charge in [-0.15, -0.1) is 0 Å². The van der Waals surface area contributed by atoms with E-state index in [1.54, 1.807) is 12.1 Å². The summed E-state index contributed by atoms with van der Waals surface area (Å²) in [6, 6.07) is 26.9. The number of nitrogens with zero attached hydrogens (tertiary/aromatic N) is 1. The second-order valence-corrected chi connectivity index (χ2v) is 6.45. The lowest BCUT2D eigenvalue weighted by atomic mass is 10.1. The first-order chi connectivity index (χ1) is 13.6. The van der Waals surface area contributed by atoms with Gasteiger partial charge in [-0.1, -0.05) is 60.7 Å². The van der Waals surface area contributed by atoms with Crippen molar-refractivity contribution in [1.82, 2.24) is 10.7 Å². The molecule has 0 aliphatic carbocycles. The predicted octanol–water partition coefficient (Wildman–Crippen LogP) is 3.67. The van der Waals surface area contributed by atoms with Gasteiger partial charge in [0.05, 0.1) is 12.2 Å². The Hall–Kier alpha value is -3.60. The molecule has 0 heterocycles. The highest BCUT2D eigenvalue weighted by Crippen LogP contribution is 2.15. The summed E-state index contributed by atoms with van der Waals surface area (Å²) in [5, 5.41) is 4.58. The standard InChI is InChI=1S/C23H23N3O2/c1-18(27)24-16-19-12-14-21(15-13-19)23(28)25-26(22-10-6-3-7-11-22)17-20-8-4-2-5-9-20/h2-15H,16-17H2,1H3,(H,24,27)(H,25,28). The third-order valence-electron chi connectivity index (χ3n) is 4.25. The first-order valence-electron chi connectivity index (χ1n) is 9.13. The van der Waals surface area contributed by atoms with Crippen LogP contribution in [0.5, 0.6) is 0 Å². The SMILES string of the molecule is CC(=O)NCc1ccc(C(=O)NN(Cc2ccccc2)c2ccccc2)cc1. The summed E-state index contributed by atoms with van der Waals surface area (Å²) >= 11 is 0. The summed E-state index contributed by atoms with van der Waals surface area (Å²) < 4.78 is 0. The molecule has 2 amide bonds. The minimum absolute atomic E-state index is 0.0822. The van der Waals surface area contributed by atoms with Gasteiger partial charge in [-0.05, 0) is 35.4 Å². The Morgan fingerprint density at radius 3 is 2.00 bits per heavy atom. The number of carbonyl (C=O) groups is 2. The number of para-hydroxylation sites is 1. The van der Waals surface area contributed by atoms with Gasteiger partial charge >= 0.3 is 0 Å². The van der Waals surface area contributed by atoms with Crippen LogP contribution in [0, 0.1) is 0 Å². The highest BCUT2D eigenvalue weighted by Gasteiger charge is 2.13. The summed E-state index contributed by atoms with van der Waals surface area (Å²) in [6.45, 7) is 2.48. The van der Waals surface area contributed by atoms with Gasteiger partial charge in [-0.3, -0.25) is 20.0 Å². The zero-order valence-electron chi connectivity index (χ0n) is 15.8.